The monoisotopic (exact) mass is 325 g/mol. The van der Waals surface area contributed by atoms with E-state index in [9.17, 15) is 0 Å². The smallest absolute Gasteiger partial charge is 0.194 e. The third-order valence-electron chi connectivity index (χ3n) is 4.57. The molecule has 0 radical (unpaired) electrons. The largest absolute Gasteiger partial charge is 0.357 e. The minimum atomic E-state index is 0.670. The van der Waals surface area contributed by atoms with Crippen molar-refractivity contribution in [3.63, 3.8) is 0 Å². The van der Waals surface area contributed by atoms with Crippen LogP contribution in [-0.2, 0) is 6.54 Å². The first-order valence-corrected chi connectivity index (χ1v) is 8.84. The van der Waals surface area contributed by atoms with Gasteiger partial charge in [0.25, 0.3) is 0 Å². The molecule has 3 rings (SSSR count). The number of aromatic nitrogens is 2. The van der Waals surface area contributed by atoms with Crippen LogP contribution in [-0.4, -0.2) is 40.3 Å². The van der Waals surface area contributed by atoms with Crippen LogP contribution in [0.25, 0.3) is 5.69 Å². The number of nitrogens with one attached hydrogen (secondary N) is 1. The van der Waals surface area contributed by atoms with Crippen LogP contribution in [0.1, 0.15) is 36.7 Å². The van der Waals surface area contributed by atoms with Crippen molar-refractivity contribution in [1.82, 2.24) is 20.0 Å². The molecule has 128 valence electrons. The predicted molar refractivity (Wildman–Crippen MR) is 98.7 cm³/mol. The van der Waals surface area contributed by atoms with Crippen LogP contribution >= 0.6 is 0 Å². The maximum absolute atomic E-state index is 4.87. The molecule has 1 aliphatic heterocycles. The molecular formula is C19H27N5. The second-order valence-corrected chi connectivity index (χ2v) is 6.26. The molecule has 1 fully saturated rings. The molecule has 0 saturated carbocycles. The molecule has 0 bridgehead atoms. The minimum Gasteiger partial charge on any atom is -0.357 e. The van der Waals surface area contributed by atoms with E-state index in [-0.39, 0.29) is 0 Å². The third kappa shape index (κ3) is 3.45. The summed E-state index contributed by atoms with van der Waals surface area (Å²) in [7, 11) is 0. The number of hydrogen-bond acceptors (Lipinski definition) is 2. The van der Waals surface area contributed by atoms with Crippen LogP contribution in [0.5, 0.6) is 0 Å². The molecule has 1 N–H and O–H groups in total. The van der Waals surface area contributed by atoms with E-state index in [0.717, 1.165) is 37.0 Å². The highest BCUT2D eigenvalue weighted by Crippen LogP contribution is 2.19. The van der Waals surface area contributed by atoms with Crippen LogP contribution in [0.4, 0.5) is 0 Å². The van der Waals surface area contributed by atoms with Crippen molar-refractivity contribution >= 4 is 5.96 Å². The van der Waals surface area contributed by atoms with Gasteiger partial charge in [0.15, 0.2) is 5.96 Å². The Morgan fingerprint density at radius 2 is 1.88 bits per heavy atom. The first-order chi connectivity index (χ1) is 11.7. The SMILES string of the molecule is CCNC(=NCc1c(C)nn(-c2ccccc2)c1C)N1CCCC1. The summed E-state index contributed by atoms with van der Waals surface area (Å²) >= 11 is 0. The number of rotatable bonds is 4. The van der Waals surface area contributed by atoms with Crippen molar-refractivity contribution < 1.29 is 0 Å². The van der Waals surface area contributed by atoms with Crippen molar-refractivity contribution in [3.8, 4) is 5.69 Å². The van der Waals surface area contributed by atoms with Gasteiger partial charge in [0.2, 0.25) is 0 Å². The van der Waals surface area contributed by atoms with Crippen LogP contribution in [0.2, 0.25) is 0 Å². The topological polar surface area (TPSA) is 45.5 Å². The molecule has 0 unspecified atom stereocenters. The molecule has 0 atom stereocenters. The quantitative estimate of drug-likeness (QED) is 0.694. The molecule has 1 aromatic carbocycles. The Bertz CT molecular complexity index is 696. The van der Waals surface area contributed by atoms with Gasteiger partial charge in [-0.2, -0.15) is 5.10 Å². The molecule has 0 spiro atoms. The number of aliphatic imine (C=N–C) groups is 1. The maximum Gasteiger partial charge on any atom is 0.194 e. The van der Waals surface area contributed by atoms with Gasteiger partial charge in [-0.25, -0.2) is 9.67 Å². The number of hydrogen-bond donors (Lipinski definition) is 1. The number of likely N-dealkylation sites (tertiary alicyclic amines) is 1. The van der Waals surface area contributed by atoms with E-state index in [1.807, 2.05) is 22.9 Å². The van der Waals surface area contributed by atoms with Crippen molar-refractivity contribution in [2.75, 3.05) is 19.6 Å². The Kier molecular flexibility index (Phi) is 5.18. The zero-order valence-corrected chi connectivity index (χ0v) is 14.9. The second kappa shape index (κ2) is 7.51. The molecule has 1 aromatic heterocycles. The summed E-state index contributed by atoms with van der Waals surface area (Å²) in [6.07, 6.45) is 2.52. The highest BCUT2D eigenvalue weighted by molar-refractivity contribution is 5.80. The van der Waals surface area contributed by atoms with Gasteiger partial charge in [-0.15, -0.1) is 0 Å². The number of benzene rings is 1. The normalized spacial score (nSPS) is 15.1. The van der Waals surface area contributed by atoms with E-state index in [2.05, 4.69) is 43.1 Å². The van der Waals surface area contributed by atoms with Crippen molar-refractivity contribution in [2.45, 2.75) is 40.2 Å². The Hall–Kier alpha value is -2.30. The molecule has 2 aromatic rings. The minimum absolute atomic E-state index is 0.670. The van der Waals surface area contributed by atoms with Gasteiger partial charge in [-0.05, 0) is 45.7 Å². The predicted octanol–water partition coefficient (Wildman–Crippen LogP) is 3.05. The van der Waals surface area contributed by atoms with Gasteiger partial charge in [-0.3, -0.25) is 0 Å². The summed E-state index contributed by atoms with van der Waals surface area (Å²) in [5.41, 5.74) is 4.53. The third-order valence-corrected chi connectivity index (χ3v) is 4.57. The van der Waals surface area contributed by atoms with E-state index in [0.29, 0.717) is 6.54 Å². The first kappa shape index (κ1) is 16.6. The van der Waals surface area contributed by atoms with Crippen molar-refractivity contribution in [2.24, 2.45) is 4.99 Å². The number of nitrogens with zero attached hydrogens (tertiary/aromatic N) is 4. The lowest BCUT2D eigenvalue weighted by Crippen LogP contribution is -2.39. The molecule has 1 saturated heterocycles. The molecule has 0 aliphatic carbocycles. The first-order valence-electron chi connectivity index (χ1n) is 8.84. The van der Waals surface area contributed by atoms with Gasteiger partial charge < -0.3 is 10.2 Å². The van der Waals surface area contributed by atoms with Crippen molar-refractivity contribution in [3.05, 3.63) is 47.3 Å². The van der Waals surface area contributed by atoms with Crippen LogP contribution < -0.4 is 5.32 Å². The van der Waals surface area contributed by atoms with Gasteiger partial charge in [0.05, 0.1) is 17.9 Å². The van der Waals surface area contributed by atoms with Gasteiger partial charge >= 0.3 is 0 Å². The van der Waals surface area contributed by atoms with Gasteiger partial charge in [-0.1, -0.05) is 18.2 Å². The average Bonchev–Trinajstić information content (AvgIpc) is 3.22. The summed E-state index contributed by atoms with van der Waals surface area (Å²) in [5, 5.41) is 8.14. The van der Waals surface area contributed by atoms with Crippen LogP contribution in [0.15, 0.2) is 35.3 Å². The zero-order valence-electron chi connectivity index (χ0n) is 14.9. The Labute approximate surface area is 144 Å². The van der Waals surface area contributed by atoms with Crippen LogP contribution in [0.3, 0.4) is 0 Å². The molecule has 5 heteroatoms. The van der Waals surface area contributed by atoms with E-state index in [1.165, 1.54) is 24.1 Å². The summed E-state index contributed by atoms with van der Waals surface area (Å²) < 4.78 is 2.02. The number of aryl methyl sites for hydroxylation is 1. The van der Waals surface area contributed by atoms with E-state index in [4.69, 9.17) is 10.1 Å². The number of guanidine groups is 1. The lowest BCUT2D eigenvalue weighted by Gasteiger charge is -2.20. The Balaban J connectivity index is 1.84. The lowest BCUT2D eigenvalue weighted by atomic mass is 10.2. The Morgan fingerprint density at radius 3 is 2.54 bits per heavy atom. The molecule has 5 nitrogen and oxygen atoms in total. The summed E-state index contributed by atoms with van der Waals surface area (Å²) in [6, 6.07) is 10.3. The van der Waals surface area contributed by atoms with Gasteiger partial charge in [0.1, 0.15) is 0 Å². The molecule has 1 aliphatic rings. The standard InChI is InChI=1S/C19H27N5/c1-4-20-19(23-12-8-9-13-23)21-14-18-15(2)22-24(16(18)3)17-10-6-5-7-11-17/h5-7,10-11H,4,8-9,12-14H2,1-3H3,(H,20,21). The highest BCUT2D eigenvalue weighted by Gasteiger charge is 2.17. The maximum atomic E-state index is 4.87. The Morgan fingerprint density at radius 1 is 1.17 bits per heavy atom. The molecule has 2 heterocycles. The highest BCUT2D eigenvalue weighted by atomic mass is 15.3. The van der Waals surface area contributed by atoms with Crippen molar-refractivity contribution in [1.29, 1.82) is 0 Å². The average molecular weight is 325 g/mol. The molecule has 24 heavy (non-hydrogen) atoms. The molecular weight excluding hydrogens is 298 g/mol. The summed E-state index contributed by atoms with van der Waals surface area (Å²) in [5.74, 6) is 1.03. The summed E-state index contributed by atoms with van der Waals surface area (Å²) in [6.45, 7) is 10.1. The fourth-order valence-corrected chi connectivity index (χ4v) is 3.23. The lowest BCUT2D eigenvalue weighted by molar-refractivity contribution is 0.493. The van der Waals surface area contributed by atoms with E-state index >= 15 is 0 Å². The van der Waals surface area contributed by atoms with E-state index < -0.39 is 0 Å². The summed E-state index contributed by atoms with van der Waals surface area (Å²) in [4.78, 5) is 7.23. The number of para-hydroxylation sites is 1. The van der Waals surface area contributed by atoms with E-state index in [1.54, 1.807) is 0 Å². The molecule has 0 amide bonds. The second-order valence-electron chi connectivity index (χ2n) is 6.26. The van der Waals surface area contributed by atoms with Gasteiger partial charge in [0, 0.05) is 30.9 Å². The fraction of sp³-hybridized carbons (Fsp3) is 0.474. The zero-order chi connectivity index (χ0) is 16.9. The van der Waals surface area contributed by atoms with Crippen LogP contribution in [0, 0.1) is 13.8 Å². The fourth-order valence-electron chi connectivity index (χ4n) is 3.23.